The highest BCUT2D eigenvalue weighted by Gasteiger charge is 2.26. The first-order chi connectivity index (χ1) is 8.45. The molecule has 0 aliphatic carbocycles. The number of Topliss-reactive ketones (excluding diaryl/α,β-unsaturated/α-hetero) is 1. The second-order valence-corrected chi connectivity index (χ2v) is 5.21. The third kappa shape index (κ3) is 2.13. The first-order valence-corrected chi connectivity index (χ1v) is 6.00. The number of rotatable bonds is 4. The van der Waals surface area contributed by atoms with Gasteiger partial charge >= 0.3 is 0 Å². The Morgan fingerprint density at radius 1 is 1.39 bits per heavy atom. The molecule has 0 fully saturated rings. The predicted molar refractivity (Wildman–Crippen MR) is 70.9 cm³/mol. The Hall–Kier alpha value is -1.77. The molecule has 1 aromatic heterocycles. The van der Waals surface area contributed by atoms with Gasteiger partial charge in [0.1, 0.15) is 5.78 Å². The van der Waals surface area contributed by atoms with E-state index in [0.29, 0.717) is 6.42 Å². The maximum absolute atomic E-state index is 11.6. The van der Waals surface area contributed by atoms with Crippen molar-refractivity contribution in [2.24, 2.45) is 5.41 Å². The van der Waals surface area contributed by atoms with Crippen molar-refractivity contribution in [3.05, 3.63) is 30.0 Å². The number of para-hydroxylation sites is 1. The molecule has 1 heterocycles. The molecule has 0 radical (unpaired) electrons. The average molecular weight is 246 g/mol. The number of methoxy groups -OCH3 is 1. The maximum Gasteiger partial charge on any atom is 0.175 e. The van der Waals surface area contributed by atoms with Gasteiger partial charge in [0.05, 0.1) is 13.4 Å². The van der Waals surface area contributed by atoms with Gasteiger partial charge in [-0.25, -0.2) is 0 Å². The standard InChI is InChI=1S/C15H18O3/c1-10(16)15(2,3)8-11-9-18-14-12(11)6-5-7-13(14)17-4/h5-7,9H,8H2,1-4H3. The number of ketones is 1. The summed E-state index contributed by atoms with van der Waals surface area (Å²) >= 11 is 0. The van der Waals surface area contributed by atoms with Crippen molar-refractivity contribution < 1.29 is 13.9 Å². The molecule has 18 heavy (non-hydrogen) atoms. The van der Waals surface area contributed by atoms with Crippen LogP contribution in [-0.2, 0) is 11.2 Å². The van der Waals surface area contributed by atoms with E-state index in [1.165, 1.54) is 0 Å². The van der Waals surface area contributed by atoms with Gasteiger partial charge < -0.3 is 9.15 Å². The van der Waals surface area contributed by atoms with Crippen LogP contribution in [0, 0.1) is 5.41 Å². The quantitative estimate of drug-likeness (QED) is 0.827. The third-order valence-corrected chi connectivity index (χ3v) is 3.45. The van der Waals surface area contributed by atoms with E-state index in [4.69, 9.17) is 9.15 Å². The molecule has 1 aromatic carbocycles. The molecular weight excluding hydrogens is 228 g/mol. The molecule has 0 N–H and O–H groups in total. The highest BCUT2D eigenvalue weighted by Crippen LogP contribution is 2.33. The number of hydrogen-bond acceptors (Lipinski definition) is 3. The number of benzene rings is 1. The van der Waals surface area contributed by atoms with Crippen molar-refractivity contribution >= 4 is 16.8 Å². The summed E-state index contributed by atoms with van der Waals surface area (Å²) in [6, 6.07) is 5.79. The summed E-state index contributed by atoms with van der Waals surface area (Å²) < 4.78 is 10.8. The maximum atomic E-state index is 11.6. The highest BCUT2D eigenvalue weighted by molar-refractivity contribution is 5.88. The minimum absolute atomic E-state index is 0.180. The van der Waals surface area contributed by atoms with Gasteiger partial charge in [0.25, 0.3) is 0 Å². The second-order valence-electron chi connectivity index (χ2n) is 5.21. The van der Waals surface area contributed by atoms with Gasteiger partial charge in [-0.05, 0) is 25.0 Å². The number of fused-ring (bicyclic) bond motifs is 1. The summed E-state index contributed by atoms with van der Waals surface area (Å²) in [5.74, 6) is 0.902. The summed E-state index contributed by atoms with van der Waals surface area (Å²) in [6.45, 7) is 5.53. The fourth-order valence-corrected chi connectivity index (χ4v) is 1.98. The molecule has 0 bridgehead atoms. The normalized spacial score (nSPS) is 11.8. The molecule has 2 aromatic rings. The second kappa shape index (κ2) is 4.48. The lowest BCUT2D eigenvalue weighted by Crippen LogP contribution is -2.23. The van der Waals surface area contributed by atoms with Gasteiger partial charge in [-0.1, -0.05) is 26.0 Å². The van der Waals surface area contributed by atoms with Gasteiger partial charge in [0.15, 0.2) is 11.3 Å². The number of ether oxygens (including phenoxy) is 1. The summed E-state index contributed by atoms with van der Waals surface area (Å²) in [6.07, 6.45) is 2.39. The Morgan fingerprint density at radius 2 is 2.11 bits per heavy atom. The highest BCUT2D eigenvalue weighted by atomic mass is 16.5. The fourth-order valence-electron chi connectivity index (χ4n) is 1.98. The summed E-state index contributed by atoms with van der Waals surface area (Å²) in [4.78, 5) is 11.6. The fraction of sp³-hybridized carbons (Fsp3) is 0.400. The smallest absolute Gasteiger partial charge is 0.175 e. The lowest BCUT2D eigenvalue weighted by molar-refractivity contribution is -0.124. The van der Waals surface area contributed by atoms with Crippen LogP contribution in [0.4, 0.5) is 0 Å². The Morgan fingerprint density at radius 3 is 2.72 bits per heavy atom. The van der Waals surface area contributed by atoms with Crippen LogP contribution in [0.2, 0.25) is 0 Å². The molecule has 0 spiro atoms. The Bertz CT molecular complexity index is 578. The van der Waals surface area contributed by atoms with Crippen LogP contribution in [-0.4, -0.2) is 12.9 Å². The molecule has 0 aliphatic rings. The van der Waals surface area contributed by atoms with Crippen molar-refractivity contribution in [3.63, 3.8) is 0 Å². The van der Waals surface area contributed by atoms with Crippen molar-refractivity contribution in [2.45, 2.75) is 27.2 Å². The van der Waals surface area contributed by atoms with E-state index < -0.39 is 0 Å². The molecule has 0 atom stereocenters. The zero-order valence-corrected chi connectivity index (χ0v) is 11.2. The topological polar surface area (TPSA) is 39.4 Å². The van der Waals surface area contributed by atoms with E-state index >= 15 is 0 Å². The van der Waals surface area contributed by atoms with Crippen LogP contribution in [0.1, 0.15) is 26.3 Å². The zero-order chi connectivity index (χ0) is 13.3. The lowest BCUT2D eigenvalue weighted by atomic mass is 9.82. The SMILES string of the molecule is COc1cccc2c(CC(C)(C)C(C)=O)coc12. The third-order valence-electron chi connectivity index (χ3n) is 3.45. The molecule has 3 heteroatoms. The van der Waals surface area contributed by atoms with Gasteiger partial charge in [-0.15, -0.1) is 0 Å². The molecule has 0 aliphatic heterocycles. The molecule has 0 saturated carbocycles. The monoisotopic (exact) mass is 246 g/mol. The minimum atomic E-state index is -0.375. The number of carbonyl (C=O) groups is 1. The molecule has 0 unspecified atom stereocenters. The minimum Gasteiger partial charge on any atom is -0.493 e. The Kier molecular flexibility index (Phi) is 3.16. The molecule has 96 valence electrons. The zero-order valence-electron chi connectivity index (χ0n) is 11.2. The van der Waals surface area contributed by atoms with E-state index in [0.717, 1.165) is 22.3 Å². The lowest BCUT2D eigenvalue weighted by Gasteiger charge is -2.20. The number of furan rings is 1. The largest absolute Gasteiger partial charge is 0.493 e. The van der Waals surface area contributed by atoms with Crippen LogP contribution in [0.15, 0.2) is 28.9 Å². The molecule has 2 rings (SSSR count). The van der Waals surface area contributed by atoms with Gasteiger partial charge in [-0.2, -0.15) is 0 Å². The Balaban J connectivity index is 2.45. The van der Waals surface area contributed by atoms with Crippen molar-refractivity contribution in [1.82, 2.24) is 0 Å². The van der Waals surface area contributed by atoms with Crippen molar-refractivity contribution in [2.75, 3.05) is 7.11 Å². The molecule has 0 amide bonds. The van der Waals surface area contributed by atoms with Crippen LogP contribution >= 0.6 is 0 Å². The Labute approximate surface area is 107 Å². The van der Waals surface area contributed by atoms with Gasteiger partial charge in [0.2, 0.25) is 0 Å². The first kappa shape index (κ1) is 12.7. The molecule has 3 nitrogen and oxygen atoms in total. The van der Waals surface area contributed by atoms with E-state index in [2.05, 4.69) is 0 Å². The van der Waals surface area contributed by atoms with E-state index in [1.807, 2.05) is 32.0 Å². The summed E-state index contributed by atoms with van der Waals surface area (Å²) in [5, 5.41) is 1.02. The summed E-state index contributed by atoms with van der Waals surface area (Å²) in [7, 11) is 1.62. The predicted octanol–water partition coefficient (Wildman–Crippen LogP) is 3.60. The summed E-state index contributed by atoms with van der Waals surface area (Å²) in [5.41, 5.74) is 1.42. The van der Waals surface area contributed by atoms with Crippen LogP contribution in [0.3, 0.4) is 0 Å². The van der Waals surface area contributed by atoms with Gasteiger partial charge in [0, 0.05) is 10.8 Å². The van der Waals surface area contributed by atoms with Crippen LogP contribution < -0.4 is 4.74 Å². The number of hydrogen-bond donors (Lipinski definition) is 0. The average Bonchev–Trinajstić information content (AvgIpc) is 2.71. The van der Waals surface area contributed by atoms with Crippen molar-refractivity contribution in [1.29, 1.82) is 0 Å². The van der Waals surface area contributed by atoms with Crippen LogP contribution in [0.5, 0.6) is 5.75 Å². The van der Waals surface area contributed by atoms with Crippen molar-refractivity contribution in [3.8, 4) is 5.75 Å². The van der Waals surface area contributed by atoms with E-state index in [-0.39, 0.29) is 11.2 Å². The molecule has 0 saturated heterocycles. The number of carbonyl (C=O) groups excluding carboxylic acids is 1. The van der Waals surface area contributed by atoms with Crippen LogP contribution in [0.25, 0.3) is 11.0 Å². The molecular formula is C15H18O3. The van der Waals surface area contributed by atoms with E-state index in [9.17, 15) is 4.79 Å². The first-order valence-electron chi connectivity index (χ1n) is 6.00. The van der Waals surface area contributed by atoms with E-state index in [1.54, 1.807) is 20.3 Å². The van der Waals surface area contributed by atoms with Gasteiger partial charge in [-0.3, -0.25) is 4.79 Å².